The van der Waals surface area contributed by atoms with Crippen LogP contribution >= 0.6 is 34.2 Å². The summed E-state index contributed by atoms with van der Waals surface area (Å²) in [5, 5.41) is 7.87. The van der Waals surface area contributed by atoms with E-state index in [9.17, 15) is 14.4 Å². The van der Waals surface area contributed by atoms with Crippen LogP contribution in [0.1, 0.15) is 28.2 Å². The van der Waals surface area contributed by atoms with E-state index in [4.69, 9.17) is 11.6 Å². The van der Waals surface area contributed by atoms with Crippen LogP contribution in [0.2, 0.25) is 5.02 Å². The van der Waals surface area contributed by atoms with Crippen molar-refractivity contribution >= 4 is 69.5 Å². The number of amides is 3. The van der Waals surface area contributed by atoms with Crippen LogP contribution in [-0.4, -0.2) is 30.5 Å². The predicted molar refractivity (Wildman–Crippen MR) is 171 cm³/mol. The molecule has 0 radical (unpaired) electrons. The van der Waals surface area contributed by atoms with Crippen LogP contribution in [0.15, 0.2) is 102 Å². The molecule has 9 heteroatoms. The summed E-state index contributed by atoms with van der Waals surface area (Å²) >= 11 is 8.73. The highest BCUT2D eigenvalue weighted by atomic mass is 127. The Morgan fingerprint density at radius 3 is 2.17 bits per heavy atom. The van der Waals surface area contributed by atoms with Crippen LogP contribution in [0.3, 0.4) is 0 Å². The molecular formula is C33H24ClIN4O3. The van der Waals surface area contributed by atoms with Crippen molar-refractivity contribution in [2.75, 3.05) is 16.8 Å². The van der Waals surface area contributed by atoms with Gasteiger partial charge in [-0.05, 0) is 81.2 Å². The minimum Gasteiger partial charge on any atom is -0.376 e. The number of para-hydroxylation sites is 1. The molecule has 42 heavy (non-hydrogen) atoms. The summed E-state index contributed by atoms with van der Waals surface area (Å²) in [6, 6.07) is 30.4. The van der Waals surface area contributed by atoms with Gasteiger partial charge in [0.1, 0.15) is 0 Å². The highest BCUT2D eigenvalue weighted by Gasteiger charge is 2.68. The zero-order valence-corrected chi connectivity index (χ0v) is 25.0. The predicted octanol–water partition coefficient (Wildman–Crippen LogP) is 5.71. The molecule has 7 nitrogen and oxygen atoms in total. The summed E-state index contributed by atoms with van der Waals surface area (Å²) in [6.07, 6.45) is 1.65. The van der Waals surface area contributed by atoms with Crippen molar-refractivity contribution in [2.24, 2.45) is 16.9 Å². The van der Waals surface area contributed by atoms with E-state index in [1.165, 1.54) is 4.90 Å². The number of benzene rings is 4. The monoisotopic (exact) mass is 686 g/mol. The van der Waals surface area contributed by atoms with Crippen LogP contribution in [0.4, 0.5) is 11.4 Å². The molecule has 4 aromatic rings. The Bertz CT molecular complexity index is 1740. The molecule has 3 aliphatic carbocycles. The lowest BCUT2D eigenvalue weighted by atomic mass is 9.47. The summed E-state index contributed by atoms with van der Waals surface area (Å²) in [7, 11) is 0. The molecule has 3 amide bonds. The van der Waals surface area contributed by atoms with Gasteiger partial charge in [0.15, 0.2) is 0 Å². The molecule has 4 aromatic carbocycles. The number of carbonyl (C=O) groups is 3. The van der Waals surface area contributed by atoms with E-state index in [2.05, 4.69) is 38.4 Å². The topological polar surface area (TPSA) is 90.9 Å². The zero-order valence-electron chi connectivity index (χ0n) is 22.1. The maximum absolute atomic E-state index is 14.4. The van der Waals surface area contributed by atoms with E-state index in [0.29, 0.717) is 10.7 Å². The SMILES string of the molecule is O=C(CNc1ccc(I)cc1)N/N=C\C12c3ccccc3C(c3ccccc31)[C@H]1C(=O)N(c3ccccc3Cl)C(=O)[C@@H]12. The molecule has 208 valence electrons. The number of hydrogen-bond donors (Lipinski definition) is 2. The highest BCUT2D eigenvalue weighted by molar-refractivity contribution is 14.1. The minimum absolute atomic E-state index is 0.0178. The first-order chi connectivity index (χ1) is 20.4. The smallest absolute Gasteiger partial charge is 0.259 e. The van der Waals surface area contributed by atoms with E-state index in [-0.39, 0.29) is 30.2 Å². The van der Waals surface area contributed by atoms with Gasteiger partial charge in [0.25, 0.3) is 5.91 Å². The maximum atomic E-state index is 14.4. The second kappa shape index (κ2) is 10.4. The molecule has 1 heterocycles. The Morgan fingerprint density at radius 2 is 1.50 bits per heavy atom. The van der Waals surface area contributed by atoms with Gasteiger partial charge in [-0.2, -0.15) is 5.10 Å². The average molecular weight is 687 g/mol. The normalized spacial score (nSPS) is 23.5. The van der Waals surface area contributed by atoms with Crippen molar-refractivity contribution in [1.29, 1.82) is 0 Å². The van der Waals surface area contributed by atoms with Gasteiger partial charge < -0.3 is 5.32 Å². The molecule has 0 spiro atoms. The fourth-order valence-electron chi connectivity index (χ4n) is 6.92. The number of hydrogen-bond acceptors (Lipinski definition) is 5. The van der Waals surface area contributed by atoms with Crippen molar-refractivity contribution in [1.82, 2.24) is 5.43 Å². The second-order valence-electron chi connectivity index (χ2n) is 10.6. The van der Waals surface area contributed by atoms with Gasteiger partial charge in [-0.25, -0.2) is 10.3 Å². The molecule has 8 rings (SSSR count). The van der Waals surface area contributed by atoms with Crippen molar-refractivity contribution in [3.8, 4) is 0 Å². The van der Waals surface area contributed by atoms with E-state index < -0.39 is 17.3 Å². The molecule has 0 saturated carbocycles. The van der Waals surface area contributed by atoms with Crippen LogP contribution < -0.4 is 15.6 Å². The third-order valence-electron chi connectivity index (χ3n) is 8.53. The minimum atomic E-state index is -1.08. The van der Waals surface area contributed by atoms with Crippen molar-refractivity contribution in [3.05, 3.63) is 128 Å². The van der Waals surface area contributed by atoms with Gasteiger partial charge in [0.05, 0.1) is 34.5 Å². The second-order valence-corrected chi connectivity index (χ2v) is 12.3. The largest absolute Gasteiger partial charge is 0.376 e. The first-order valence-electron chi connectivity index (χ1n) is 13.6. The molecule has 2 N–H and O–H groups in total. The lowest BCUT2D eigenvalue weighted by molar-refractivity contribution is -0.122. The third-order valence-corrected chi connectivity index (χ3v) is 9.57. The average Bonchev–Trinajstić information content (AvgIpc) is 3.28. The van der Waals surface area contributed by atoms with Crippen LogP contribution in [0.5, 0.6) is 0 Å². The number of nitrogens with one attached hydrogen (secondary N) is 2. The fourth-order valence-corrected chi connectivity index (χ4v) is 7.50. The van der Waals surface area contributed by atoms with E-state index in [1.54, 1.807) is 30.5 Å². The quantitative estimate of drug-likeness (QED) is 0.118. The molecule has 2 atom stereocenters. The van der Waals surface area contributed by atoms with Gasteiger partial charge >= 0.3 is 0 Å². The van der Waals surface area contributed by atoms with Gasteiger partial charge in [-0.15, -0.1) is 0 Å². The number of imide groups is 1. The Labute approximate surface area is 261 Å². The van der Waals surface area contributed by atoms with Gasteiger partial charge in [0.2, 0.25) is 11.8 Å². The summed E-state index contributed by atoms with van der Waals surface area (Å²) in [5.41, 5.74) is 6.54. The molecule has 2 bridgehead atoms. The molecule has 1 fully saturated rings. The van der Waals surface area contributed by atoms with E-state index >= 15 is 0 Å². The Kier molecular flexibility index (Phi) is 6.62. The number of carbonyl (C=O) groups excluding carboxylic acids is 3. The van der Waals surface area contributed by atoms with E-state index in [0.717, 1.165) is 31.5 Å². The summed E-state index contributed by atoms with van der Waals surface area (Å²) in [5.74, 6) is -2.66. The fraction of sp³-hybridized carbons (Fsp3) is 0.152. The maximum Gasteiger partial charge on any atom is 0.259 e. The standard InChI is InChI=1S/C33H24ClIN4O3/c34-25-11-5-6-12-26(25)39-31(41)29-28-21-7-1-3-9-23(21)33(30(29)32(39)42,24-10-4-2-8-22(24)28)18-37-38-27(40)17-36-20-15-13-19(35)14-16-20/h1-16,18,28-30,36H,17H2,(H,38,40)/b37-18-/t28?,29-,30-,33?/m1/s1. The number of halogens is 2. The summed E-state index contributed by atoms with van der Waals surface area (Å²) in [6.45, 7) is 0.0178. The Balaban J connectivity index is 1.30. The number of anilines is 2. The van der Waals surface area contributed by atoms with Gasteiger partial charge in [-0.3, -0.25) is 14.4 Å². The Morgan fingerprint density at radius 1 is 0.881 bits per heavy atom. The summed E-state index contributed by atoms with van der Waals surface area (Å²) < 4.78 is 1.10. The first-order valence-corrected chi connectivity index (χ1v) is 15.0. The lowest BCUT2D eigenvalue weighted by Gasteiger charge is -2.52. The van der Waals surface area contributed by atoms with Crippen LogP contribution in [0.25, 0.3) is 0 Å². The molecular weight excluding hydrogens is 663 g/mol. The third kappa shape index (κ3) is 3.99. The highest BCUT2D eigenvalue weighted by Crippen LogP contribution is 2.63. The molecule has 0 aromatic heterocycles. The van der Waals surface area contributed by atoms with Crippen LogP contribution in [-0.2, 0) is 19.8 Å². The first kappa shape index (κ1) is 26.9. The number of rotatable bonds is 6. The molecule has 1 saturated heterocycles. The number of hydrazone groups is 1. The van der Waals surface area contributed by atoms with Gasteiger partial charge in [-0.1, -0.05) is 72.3 Å². The van der Waals surface area contributed by atoms with Crippen molar-refractivity contribution in [3.63, 3.8) is 0 Å². The van der Waals surface area contributed by atoms with Crippen molar-refractivity contribution in [2.45, 2.75) is 11.3 Å². The van der Waals surface area contributed by atoms with Crippen molar-refractivity contribution < 1.29 is 14.4 Å². The zero-order chi connectivity index (χ0) is 29.0. The lowest BCUT2D eigenvalue weighted by Crippen LogP contribution is -2.54. The molecule has 1 aliphatic heterocycles. The number of nitrogens with zero attached hydrogens (tertiary/aromatic N) is 2. The summed E-state index contributed by atoms with van der Waals surface area (Å²) in [4.78, 5) is 42.6. The molecule has 0 unspecified atom stereocenters. The van der Waals surface area contributed by atoms with Crippen LogP contribution in [0, 0.1) is 15.4 Å². The molecule has 4 aliphatic rings. The van der Waals surface area contributed by atoms with Gasteiger partial charge in [0, 0.05) is 21.4 Å². The van der Waals surface area contributed by atoms with E-state index in [1.807, 2.05) is 72.8 Å². The Hall–Kier alpha value is -4.02.